The number of methoxy groups -OCH3 is 1. The molecule has 0 radical (unpaired) electrons. The second-order valence-electron chi connectivity index (χ2n) is 7.09. The van der Waals surface area contributed by atoms with Crippen molar-refractivity contribution in [1.29, 1.82) is 0 Å². The van der Waals surface area contributed by atoms with Gasteiger partial charge in [-0.1, -0.05) is 43.2 Å². The number of carbonyl (C=O) groups is 1. The molecule has 1 aromatic heterocycles. The van der Waals surface area contributed by atoms with E-state index in [1.165, 1.54) is 18.2 Å². The minimum absolute atomic E-state index is 0.00293. The van der Waals surface area contributed by atoms with Crippen LogP contribution in [0.2, 0.25) is 0 Å². The van der Waals surface area contributed by atoms with Crippen LogP contribution in [0.3, 0.4) is 0 Å². The molecule has 6 nitrogen and oxygen atoms in total. The number of benzene rings is 1. The number of rotatable bonds is 7. The van der Waals surface area contributed by atoms with Crippen molar-refractivity contribution in [2.75, 3.05) is 19.5 Å². The van der Waals surface area contributed by atoms with Gasteiger partial charge in [0.15, 0.2) is 5.16 Å². The van der Waals surface area contributed by atoms with Gasteiger partial charge in [0.1, 0.15) is 0 Å². The van der Waals surface area contributed by atoms with E-state index in [9.17, 15) is 9.59 Å². The zero-order chi connectivity index (χ0) is 19.2. The summed E-state index contributed by atoms with van der Waals surface area (Å²) in [6, 6.07) is 7.56. The number of para-hydroxylation sites is 1. The molecule has 1 fully saturated rings. The summed E-state index contributed by atoms with van der Waals surface area (Å²) in [5, 5.41) is 4.18. The van der Waals surface area contributed by atoms with Gasteiger partial charge in [0.2, 0.25) is 5.91 Å². The smallest absolute Gasteiger partial charge is 0.262 e. The first kappa shape index (κ1) is 19.9. The molecule has 1 aliphatic rings. The Hall–Kier alpha value is -1.86. The van der Waals surface area contributed by atoms with Crippen molar-refractivity contribution in [1.82, 2.24) is 14.9 Å². The average Bonchev–Trinajstić information content (AvgIpc) is 2.67. The topological polar surface area (TPSA) is 73.2 Å². The minimum atomic E-state index is -0.0813. The van der Waals surface area contributed by atoms with E-state index in [4.69, 9.17) is 9.72 Å². The quantitative estimate of drug-likeness (QED) is 0.582. The Morgan fingerprint density at radius 2 is 2.07 bits per heavy atom. The zero-order valence-corrected chi connectivity index (χ0v) is 16.8. The molecule has 1 unspecified atom stereocenters. The monoisotopic (exact) mass is 389 g/mol. The normalized spacial score (nSPS) is 16.4. The third-order valence-corrected chi connectivity index (χ3v) is 5.82. The highest BCUT2D eigenvalue weighted by molar-refractivity contribution is 7.99. The third kappa shape index (κ3) is 4.90. The number of thioether (sulfide) groups is 1. The SMILES string of the molecule is COCC(C)NC(=O)CSc1nc2ccccc2c(=O)n1C1CCCCC1. The number of hydrogen-bond donors (Lipinski definition) is 1. The number of ether oxygens (including phenoxy) is 1. The van der Waals surface area contributed by atoms with Crippen LogP contribution in [-0.2, 0) is 9.53 Å². The lowest BCUT2D eigenvalue weighted by molar-refractivity contribution is -0.119. The van der Waals surface area contributed by atoms with E-state index in [0.717, 1.165) is 25.7 Å². The highest BCUT2D eigenvalue weighted by Gasteiger charge is 2.22. The molecule has 0 aliphatic heterocycles. The maximum Gasteiger partial charge on any atom is 0.262 e. The second kappa shape index (κ2) is 9.37. The Balaban J connectivity index is 1.86. The summed E-state index contributed by atoms with van der Waals surface area (Å²) in [4.78, 5) is 30.1. The molecule has 0 saturated heterocycles. The van der Waals surface area contributed by atoms with Gasteiger partial charge in [-0.3, -0.25) is 14.2 Å². The van der Waals surface area contributed by atoms with Crippen LogP contribution in [0.4, 0.5) is 0 Å². The summed E-state index contributed by atoms with van der Waals surface area (Å²) in [6.45, 7) is 2.37. The van der Waals surface area contributed by atoms with Crippen LogP contribution in [-0.4, -0.2) is 41.0 Å². The van der Waals surface area contributed by atoms with Gasteiger partial charge in [0.05, 0.1) is 23.3 Å². The highest BCUT2D eigenvalue weighted by atomic mass is 32.2. The van der Waals surface area contributed by atoms with Crippen LogP contribution in [0.25, 0.3) is 10.9 Å². The van der Waals surface area contributed by atoms with Crippen LogP contribution in [0.15, 0.2) is 34.2 Å². The Labute approximate surface area is 163 Å². The Bertz CT molecular complexity index is 846. The van der Waals surface area contributed by atoms with Gasteiger partial charge in [-0.25, -0.2) is 4.98 Å². The molecule has 0 bridgehead atoms. The maximum absolute atomic E-state index is 13.1. The van der Waals surface area contributed by atoms with E-state index in [0.29, 0.717) is 22.7 Å². The molecule has 2 aromatic rings. The largest absolute Gasteiger partial charge is 0.383 e. The van der Waals surface area contributed by atoms with Gasteiger partial charge in [-0.15, -0.1) is 0 Å². The van der Waals surface area contributed by atoms with E-state index < -0.39 is 0 Å². The Morgan fingerprint density at radius 1 is 1.33 bits per heavy atom. The van der Waals surface area contributed by atoms with Gasteiger partial charge in [0.25, 0.3) is 5.56 Å². The predicted octanol–water partition coefficient (Wildman–Crippen LogP) is 3.14. The fourth-order valence-corrected chi connectivity index (χ4v) is 4.50. The molecule has 1 heterocycles. The van der Waals surface area contributed by atoms with E-state index >= 15 is 0 Å². The van der Waals surface area contributed by atoms with Crippen molar-refractivity contribution in [3.8, 4) is 0 Å². The van der Waals surface area contributed by atoms with E-state index in [-0.39, 0.29) is 29.3 Å². The number of hydrogen-bond acceptors (Lipinski definition) is 5. The van der Waals surface area contributed by atoms with E-state index in [1.54, 1.807) is 7.11 Å². The Kier molecular flexibility index (Phi) is 6.90. The average molecular weight is 390 g/mol. The molecule has 146 valence electrons. The number of nitrogens with zero attached hydrogens (tertiary/aromatic N) is 2. The standard InChI is InChI=1S/C20H27N3O3S/c1-14(12-26-2)21-18(24)13-27-20-22-17-11-7-6-10-16(17)19(25)23(20)15-8-4-3-5-9-15/h6-7,10-11,14-15H,3-5,8-9,12-13H2,1-2H3,(H,21,24). The molecule has 1 saturated carbocycles. The lowest BCUT2D eigenvalue weighted by atomic mass is 9.95. The van der Waals surface area contributed by atoms with Crippen LogP contribution < -0.4 is 10.9 Å². The molecule has 1 amide bonds. The summed E-state index contributed by atoms with van der Waals surface area (Å²) in [7, 11) is 1.61. The second-order valence-corrected chi connectivity index (χ2v) is 8.03. The maximum atomic E-state index is 13.1. The van der Waals surface area contributed by atoms with Gasteiger partial charge in [-0.2, -0.15) is 0 Å². The van der Waals surface area contributed by atoms with E-state index in [1.807, 2.05) is 35.8 Å². The predicted molar refractivity (Wildman–Crippen MR) is 108 cm³/mol. The molecule has 27 heavy (non-hydrogen) atoms. The van der Waals surface area contributed by atoms with Crippen LogP contribution in [0, 0.1) is 0 Å². The summed E-state index contributed by atoms with van der Waals surface area (Å²) in [5.74, 6) is 0.146. The summed E-state index contributed by atoms with van der Waals surface area (Å²) in [6.07, 6.45) is 5.45. The van der Waals surface area contributed by atoms with Crippen molar-refractivity contribution >= 4 is 28.6 Å². The first-order valence-electron chi connectivity index (χ1n) is 9.52. The minimum Gasteiger partial charge on any atom is -0.383 e. The summed E-state index contributed by atoms with van der Waals surface area (Å²) in [5.41, 5.74) is 0.688. The zero-order valence-electron chi connectivity index (χ0n) is 15.9. The number of aromatic nitrogens is 2. The van der Waals surface area contributed by atoms with Gasteiger partial charge >= 0.3 is 0 Å². The lowest BCUT2D eigenvalue weighted by Gasteiger charge is -2.26. The van der Waals surface area contributed by atoms with Gasteiger partial charge in [-0.05, 0) is 31.9 Å². The van der Waals surface area contributed by atoms with Crippen molar-refractivity contribution < 1.29 is 9.53 Å². The molecule has 1 aromatic carbocycles. The fraction of sp³-hybridized carbons (Fsp3) is 0.550. The summed E-state index contributed by atoms with van der Waals surface area (Å²) >= 11 is 1.34. The van der Waals surface area contributed by atoms with Crippen LogP contribution in [0.5, 0.6) is 0 Å². The molecular weight excluding hydrogens is 362 g/mol. The molecule has 7 heteroatoms. The number of carbonyl (C=O) groups excluding carboxylic acids is 1. The molecule has 3 rings (SSSR count). The van der Waals surface area contributed by atoms with Crippen molar-refractivity contribution in [2.45, 2.75) is 56.3 Å². The van der Waals surface area contributed by atoms with Crippen molar-refractivity contribution in [2.24, 2.45) is 0 Å². The van der Waals surface area contributed by atoms with Crippen molar-refractivity contribution in [3.63, 3.8) is 0 Å². The molecule has 1 N–H and O–H groups in total. The molecular formula is C20H27N3O3S. The fourth-order valence-electron chi connectivity index (χ4n) is 3.63. The Morgan fingerprint density at radius 3 is 2.81 bits per heavy atom. The van der Waals surface area contributed by atoms with Gasteiger partial charge < -0.3 is 10.1 Å². The molecule has 1 aliphatic carbocycles. The van der Waals surface area contributed by atoms with Crippen LogP contribution >= 0.6 is 11.8 Å². The first-order chi connectivity index (χ1) is 13.1. The lowest BCUT2D eigenvalue weighted by Crippen LogP contribution is -2.37. The van der Waals surface area contributed by atoms with Crippen molar-refractivity contribution in [3.05, 3.63) is 34.6 Å². The van der Waals surface area contributed by atoms with Crippen LogP contribution in [0.1, 0.15) is 45.1 Å². The first-order valence-corrected chi connectivity index (χ1v) is 10.5. The van der Waals surface area contributed by atoms with E-state index in [2.05, 4.69) is 5.32 Å². The third-order valence-electron chi connectivity index (χ3n) is 4.87. The molecule has 0 spiro atoms. The van der Waals surface area contributed by atoms with Gasteiger partial charge in [0, 0.05) is 19.2 Å². The highest BCUT2D eigenvalue weighted by Crippen LogP contribution is 2.30. The number of amides is 1. The number of fused-ring (bicyclic) bond motifs is 1. The summed E-state index contributed by atoms with van der Waals surface area (Å²) < 4.78 is 6.88. The number of nitrogens with one attached hydrogen (secondary N) is 1. The molecule has 1 atom stereocenters.